The zero-order valence-electron chi connectivity index (χ0n) is 9.59. The van der Waals surface area contributed by atoms with Crippen molar-refractivity contribution in [1.29, 1.82) is 0 Å². The molecule has 2 heterocycles. The molecule has 0 amide bonds. The first-order valence-electron chi connectivity index (χ1n) is 5.67. The lowest BCUT2D eigenvalue weighted by Crippen LogP contribution is -2.23. The van der Waals surface area contributed by atoms with Crippen LogP contribution in [0.2, 0.25) is 0 Å². The third-order valence-electron chi connectivity index (χ3n) is 2.97. The maximum Gasteiger partial charge on any atom is 0.152 e. The molecule has 0 saturated carbocycles. The van der Waals surface area contributed by atoms with Gasteiger partial charge in [0.2, 0.25) is 0 Å². The molecule has 4 heteroatoms. The van der Waals surface area contributed by atoms with Crippen LogP contribution in [-0.4, -0.2) is 4.98 Å². The number of fused-ring (bicyclic) bond motifs is 1. The minimum absolute atomic E-state index is 0.00130. The van der Waals surface area contributed by atoms with Crippen molar-refractivity contribution in [2.24, 2.45) is 5.73 Å². The van der Waals surface area contributed by atoms with Crippen molar-refractivity contribution in [3.63, 3.8) is 0 Å². The molecule has 1 aliphatic heterocycles. The van der Waals surface area contributed by atoms with Crippen LogP contribution in [0.1, 0.15) is 34.8 Å². The van der Waals surface area contributed by atoms with E-state index in [9.17, 15) is 0 Å². The Morgan fingerprint density at radius 3 is 3.00 bits per heavy atom. The Bertz CT molecular complexity index is 538. The van der Waals surface area contributed by atoms with Crippen LogP contribution in [0.4, 0.5) is 0 Å². The van der Waals surface area contributed by atoms with Crippen LogP contribution in [0, 0.1) is 6.92 Å². The first kappa shape index (κ1) is 10.7. The lowest BCUT2D eigenvalue weighted by atomic mass is 9.97. The number of hydrogen-bond acceptors (Lipinski definition) is 4. The Morgan fingerprint density at radius 1 is 1.41 bits per heavy atom. The van der Waals surface area contributed by atoms with Crippen molar-refractivity contribution in [3.8, 4) is 5.75 Å². The average molecular weight is 246 g/mol. The summed E-state index contributed by atoms with van der Waals surface area (Å²) in [6.07, 6.45) is 0.794. The fourth-order valence-corrected chi connectivity index (χ4v) is 2.96. The number of nitrogens with two attached hydrogens (primary N) is 1. The highest BCUT2D eigenvalue weighted by Crippen LogP contribution is 2.39. The molecule has 0 radical (unpaired) electrons. The molecule has 2 atom stereocenters. The van der Waals surface area contributed by atoms with Gasteiger partial charge in [-0.3, -0.25) is 0 Å². The van der Waals surface area contributed by atoms with E-state index in [0.717, 1.165) is 28.4 Å². The van der Waals surface area contributed by atoms with Crippen LogP contribution in [0.15, 0.2) is 29.6 Å². The van der Waals surface area contributed by atoms with Crippen LogP contribution in [0.25, 0.3) is 0 Å². The summed E-state index contributed by atoms with van der Waals surface area (Å²) in [5.74, 6) is 0.893. The highest BCUT2D eigenvalue weighted by molar-refractivity contribution is 7.09. The third-order valence-corrected chi connectivity index (χ3v) is 4.02. The van der Waals surface area contributed by atoms with Gasteiger partial charge in [-0.25, -0.2) is 4.98 Å². The van der Waals surface area contributed by atoms with E-state index in [1.54, 1.807) is 11.3 Å². The van der Waals surface area contributed by atoms with Gasteiger partial charge in [0.1, 0.15) is 10.8 Å². The van der Waals surface area contributed by atoms with Crippen LogP contribution in [-0.2, 0) is 0 Å². The number of para-hydroxylation sites is 1. The van der Waals surface area contributed by atoms with E-state index in [4.69, 9.17) is 10.5 Å². The van der Waals surface area contributed by atoms with Crippen molar-refractivity contribution < 1.29 is 4.74 Å². The lowest BCUT2D eigenvalue weighted by molar-refractivity contribution is 0.161. The van der Waals surface area contributed by atoms with Crippen molar-refractivity contribution >= 4 is 11.3 Å². The van der Waals surface area contributed by atoms with Gasteiger partial charge in [-0.05, 0) is 13.0 Å². The van der Waals surface area contributed by atoms with Gasteiger partial charge < -0.3 is 10.5 Å². The van der Waals surface area contributed by atoms with E-state index < -0.39 is 0 Å². The van der Waals surface area contributed by atoms with Crippen molar-refractivity contribution in [2.45, 2.75) is 25.5 Å². The molecule has 88 valence electrons. The zero-order chi connectivity index (χ0) is 11.8. The topological polar surface area (TPSA) is 48.1 Å². The van der Waals surface area contributed by atoms with Gasteiger partial charge in [0.15, 0.2) is 6.10 Å². The number of rotatable bonds is 1. The fraction of sp³-hybridized carbons (Fsp3) is 0.308. The molecule has 3 nitrogen and oxygen atoms in total. The van der Waals surface area contributed by atoms with E-state index in [0.29, 0.717) is 0 Å². The number of thiazole rings is 1. The summed E-state index contributed by atoms with van der Waals surface area (Å²) in [7, 11) is 0. The second-order valence-corrected chi connectivity index (χ2v) is 5.20. The monoisotopic (exact) mass is 246 g/mol. The number of benzene rings is 1. The van der Waals surface area contributed by atoms with Crippen molar-refractivity contribution in [1.82, 2.24) is 4.98 Å². The van der Waals surface area contributed by atoms with E-state index in [-0.39, 0.29) is 12.1 Å². The van der Waals surface area contributed by atoms with Crippen molar-refractivity contribution in [2.75, 3.05) is 0 Å². The summed E-state index contributed by atoms with van der Waals surface area (Å²) in [6, 6.07) is 8.01. The molecule has 0 aliphatic carbocycles. The second kappa shape index (κ2) is 4.13. The maximum atomic E-state index is 6.18. The largest absolute Gasteiger partial charge is 0.483 e. The first-order chi connectivity index (χ1) is 8.24. The van der Waals surface area contributed by atoms with Crippen LogP contribution in [0.3, 0.4) is 0 Å². The summed E-state index contributed by atoms with van der Waals surface area (Å²) in [4.78, 5) is 4.48. The molecule has 3 rings (SSSR count). The Morgan fingerprint density at radius 2 is 2.24 bits per heavy atom. The Hall–Kier alpha value is -1.39. The van der Waals surface area contributed by atoms with Gasteiger partial charge in [0.05, 0.1) is 0 Å². The third kappa shape index (κ3) is 1.94. The quantitative estimate of drug-likeness (QED) is 0.841. The van der Waals surface area contributed by atoms with Crippen molar-refractivity contribution in [3.05, 3.63) is 45.9 Å². The van der Waals surface area contributed by atoms with Gasteiger partial charge in [-0.2, -0.15) is 0 Å². The van der Waals surface area contributed by atoms with Crippen LogP contribution in [0.5, 0.6) is 5.75 Å². The number of ether oxygens (including phenoxy) is 1. The minimum Gasteiger partial charge on any atom is -0.483 e. The molecule has 17 heavy (non-hydrogen) atoms. The van der Waals surface area contributed by atoms with E-state index >= 15 is 0 Å². The molecule has 1 aromatic heterocycles. The molecule has 1 aromatic carbocycles. The molecule has 2 N–H and O–H groups in total. The standard InChI is InChI=1S/C13H14N2OS/c1-8-7-17-13(15-8)12-6-10(14)9-4-2-3-5-11(9)16-12/h2-5,7,10,12H,6,14H2,1H3. The highest BCUT2D eigenvalue weighted by Gasteiger charge is 2.28. The number of hydrogen-bond donors (Lipinski definition) is 1. The van der Waals surface area contributed by atoms with Crippen LogP contribution >= 0.6 is 11.3 Å². The lowest BCUT2D eigenvalue weighted by Gasteiger charge is -2.29. The van der Waals surface area contributed by atoms with E-state index in [1.807, 2.05) is 36.6 Å². The van der Waals surface area contributed by atoms with Gasteiger partial charge in [-0.1, -0.05) is 18.2 Å². The summed E-state index contributed by atoms with van der Waals surface area (Å²) in [6.45, 7) is 2.00. The van der Waals surface area contributed by atoms with Gasteiger partial charge in [-0.15, -0.1) is 11.3 Å². The number of aryl methyl sites for hydroxylation is 1. The molecule has 0 saturated heterocycles. The molecule has 0 fully saturated rings. The predicted molar refractivity (Wildman–Crippen MR) is 68.2 cm³/mol. The molecule has 1 aliphatic rings. The normalized spacial score (nSPS) is 22.9. The van der Waals surface area contributed by atoms with E-state index in [1.165, 1.54) is 0 Å². The fourth-order valence-electron chi connectivity index (χ4n) is 2.12. The Kier molecular flexibility index (Phi) is 2.61. The van der Waals surface area contributed by atoms with Gasteiger partial charge >= 0.3 is 0 Å². The summed E-state index contributed by atoms with van der Waals surface area (Å²) < 4.78 is 5.97. The Balaban J connectivity index is 1.93. The zero-order valence-corrected chi connectivity index (χ0v) is 10.4. The smallest absolute Gasteiger partial charge is 0.152 e. The average Bonchev–Trinajstić information content (AvgIpc) is 2.76. The first-order valence-corrected chi connectivity index (χ1v) is 6.55. The predicted octanol–water partition coefficient (Wildman–Crippen LogP) is 2.98. The highest BCUT2D eigenvalue weighted by atomic mass is 32.1. The van der Waals surface area contributed by atoms with Gasteiger partial charge in [0.25, 0.3) is 0 Å². The SMILES string of the molecule is Cc1csc(C2CC(N)c3ccccc3O2)n1. The maximum absolute atomic E-state index is 6.18. The van der Waals surface area contributed by atoms with Gasteiger partial charge in [0, 0.05) is 29.1 Å². The molecule has 2 aromatic rings. The molecule has 0 bridgehead atoms. The summed E-state index contributed by atoms with van der Waals surface area (Å²) in [5.41, 5.74) is 8.31. The number of aromatic nitrogens is 1. The Labute approximate surface area is 104 Å². The molecule has 2 unspecified atom stereocenters. The summed E-state index contributed by atoms with van der Waals surface area (Å²) >= 11 is 1.64. The van der Waals surface area contributed by atoms with E-state index in [2.05, 4.69) is 4.98 Å². The number of nitrogens with zero attached hydrogens (tertiary/aromatic N) is 1. The molecular formula is C13H14N2OS. The summed E-state index contributed by atoms with van der Waals surface area (Å²) in [5, 5.41) is 3.07. The molecular weight excluding hydrogens is 232 g/mol. The second-order valence-electron chi connectivity index (χ2n) is 4.31. The van der Waals surface area contributed by atoms with Crippen LogP contribution < -0.4 is 10.5 Å². The minimum atomic E-state index is -0.00130. The molecule has 0 spiro atoms.